The van der Waals surface area contributed by atoms with Crippen LogP contribution in [-0.2, 0) is 9.53 Å². The third kappa shape index (κ3) is 3.37. The van der Waals surface area contributed by atoms with Gasteiger partial charge in [0.25, 0.3) is 0 Å². The molecule has 4 heteroatoms. The molecule has 28 heavy (non-hydrogen) atoms. The molecule has 3 aromatic carbocycles. The highest BCUT2D eigenvalue weighted by atomic mass is 16.5. The number of aryl methyl sites for hydroxylation is 1. The fourth-order valence-electron chi connectivity index (χ4n) is 3.25. The van der Waals surface area contributed by atoms with Crippen LogP contribution in [0.3, 0.4) is 0 Å². The number of fused-ring (bicyclic) bond motifs is 1. The van der Waals surface area contributed by atoms with E-state index >= 15 is 0 Å². The Kier molecular flexibility index (Phi) is 4.62. The molecule has 0 aromatic heterocycles. The summed E-state index contributed by atoms with van der Waals surface area (Å²) in [6.45, 7) is 2.07. The van der Waals surface area contributed by atoms with Crippen LogP contribution in [0.25, 0.3) is 22.6 Å². The van der Waals surface area contributed by atoms with Crippen molar-refractivity contribution in [1.29, 1.82) is 0 Å². The fourth-order valence-corrected chi connectivity index (χ4v) is 3.25. The molecule has 1 aliphatic heterocycles. The number of carbonyl (C=O) groups excluding carboxylic acids is 1. The van der Waals surface area contributed by atoms with E-state index in [0.29, 0.717) is 22.8 Å². The number of esters is 1. The Hall–Kier alpha value is -3.53. The van der Waals surface area contributed by atoms with Crippen molar-refractivity contribution in [1.82, 2.24) is 0 Å². The quantitative estimate of drug-likeness (QED) is 0.469. The number of ether oxygens (including phenoxy) is 3. The third-order valence-corrected chi connectivity index (χ3v) is 4.76. The molecule has 0 atom stereocenters. The smallest absolute Gasteiger partial charge is 0.343 e. The summed E-state index contributed by atoms with van der Waals surface area (Å²) in [6, 6.07) is 17.8. The summed E-state index contributed by atoms with van der Waals surface area (Å²) in [5.74, 6) is 1.49. The van der Waals surface area contributed by atoms with Crippen molar-refractivity contribution in [2.45, 2.75) is 6.92 Å². The molecule has 0 spiro atoms. The first-order valence-electron chi connectivity index (χ1n) is 8.96. The van der Waals surface area contributed by atoms with E-state index in [0.717, 1.165) is 21.9 Å². The Bertz CT molecular complexity index is 1140. The van der Waals surface area contributed by atoms with E-state index in [-0.39, 0.29) is 5.97 Å². The van der Waals surface area contributed by atoms with Crippen LogP contribution in [0, 0.1) is 6.92 Å². The highest BCUT2D eigenvalue weighted by Crippen LogP contribution is 2.32. The van der Waals surface area contributed by atoms with Gasteiger partial charge in [-0.3, -0.25) is 0 Å². The fraction of sp³-hybridized carbons (Fsp3) is 0.125. The molecule has 0 fully saturated rings. The Balaban J connectivity index is 1.70. The summed E-state index contributed by atoms with van der Waals surface area (Å²) in [5, 5.41) is 2.27. The van der Waals surface area contributed by atoms with Crippen LogP contribution in [0.4, 0.5) is 0 Å². The lowest BCUT2D eigenvalue weighted by Crippen LogP contribution is -1.98. The van der Waals surface area contributed by atoms with Gasteiger partial charge >= 0.3 is 5.97 Å². The van der Waals surface area contributed by atoms with Gasteiger partial charge in [0.15, 0.2) is 0 Å². The molecule has 0 bridgehead atoms. The second-order valence-corrected chi connectivity index (χ2v) is 6.67. The minimum absolute atomic E-state index is 0.378. The predicted molar refractivity (Wildman–Crippen MR) is 110 cm³/mol. The molecular weight excluding hydrogens is 352 g/mol. The lowest BCUT2D eigenvalue weighted by molar-refractivity contribution is -0.130. The molecule has 0 saturated heterocycles. The number of hydrogen-bond acceptors (Lipinski definition) is 4. The Labute approximate surface area is 163 Å². The molecule has 0 unspecified atom stereocenters. The zero-order chi connectivity index (χ0) is 19.7. The molecule has 140 valence electrons. The average molecular weight is 372 g/mol. The van der Waals surface area contributed by atoms with Gasteiger partial charge in [-0.1, -0.05) is 35.9 Å². The first kappa shape index (κ1) is 17.9. The van der Waals surface area contributed by atoms with Crippen molar-refractivity contribution < 1.29 is 19.0 Å². The molecule has 3 aromatic rings. The van der Waals surface area contributed by atoms with E-state index in [9.17, 15) is 4.79 Å². The number of hydrogen-bond donors (Lipinski definition) is 0. The molecule has 0 radical (unpaired) electrons. The second kappa shape index (κ2) is 7.24. The summed E-state index contributed by atoms with van der Waals surface area (Å²) in [7, 11) is 3.18. The van der Waals surface area contributed by atoms with Gasteiger partial charge in [0, 0.05) is 17.2 Å². The lowest BCUT2D eigenvalue weighted by Gasteiger charge is -2.07. The summed E-state index contributed by atoms with van der Waals surface area (Å²) >= 11 is 0. The van der Waals surface area contributed by atoms with E-state index in [4.69, 9.17) is 14.2 Å². The highest BCUT2D eigenvalue weighted by Gasteiger charge is 2.22. The summed E-state index contributed by atoms with van der Waals surface area (Å²) in [4.78, 5) is 12.4. The van der Waals surface area contributed by atoms with Crippen LogP contribution in [0.5, 0.6) is 11.5 Å². The van der Waals surface area contributed by atoms with Gasteiger partial charge in [0.2, 0.25) is 0 Å². The number of rotatable bonds is 4. The Morgan fingerprint density at radius 1 is 0.893 bits per heavy atom. The van der Waals surface area contributed by atoms with Crippen LogP contribution in [0.1, 0.15) is 16.7 Å². The topological polar surface area (TPSA) is 44.8 Å². The number of methoxy groups -OCH3 is 2. The van der Waals surface area contributed by atoms with Crippen LogP contribution in [0.2, 0.25) is 0 Å². The molecule has 0 aliphatic carbocycles. The summed E-state index contributed by atoms with van der Waals surface area (Å²) < 4.78 is 16.1. The minimum Gasteiger partial charge on any atom is -0.497 e. The summed E-state index contributed by atoms with van der Waals surface area (Å²) in [6.07, 6.45) is 3.53. The lowest BCUT2D eigenvalue weighted by atomic mass is 10.0. The maximum atomic E-state index is 12.4. The first-order chi connectivity index (χ1) is 13.6. The maximum absolute atomic E-state index is 12.4. The first-order valence-corrected chi connectivity index (χ1v) is 8.96. The van der Waals surface area contributed by atoms with Crippen molar-refractivity contribution in [3.63, 3.8) is 0 Å². The third-order valence-electron chi connectivity index (χ3n) is 4.76. The second-order valence-electron chi connectivity index (χ2n) is 6.67. The molecule has 0 saturated carbocycles. The maximum Gasteiger partial charge on any atom is 0.343 e. The monoisotopic (exact) mass is 372 g/mol. The van der Waals surface area contributed by atoms with Crippen LogP contribution in [0.15, 0.2) is 66.2 Å². The van der Waals surface area contributed by atoms with Gasteiger partial charge in [0.1, 0.15) is 17.3 Å². The van der Waals surface area contributed by atoms with E-state index < -0.39 is 0 Å². The average Bonchev–Trinajstić information content (AvgIpc) is 3.08. The normalized spacial score (nSPS) is 14.9. The Morgan fingerprint density at radius 3 is 2.46 bits per heavy atom. The molecule has 1 heterocycles. The van der Waals surface area contributed by atoms with Crippen molar-refractivity contribution in [2.24, 2.45) is 0 Å². The number of cyclic esters (lactones) is 1. The van der Waals surface area contributed by atoms with E-state index in [1.807, 2.05) is 30.3 Å². The van der Waals surface area contributed by atoms with E-state index in [1.54, 1.807) is 32.4 Å². The van der Waals surface area contributed by atoms with Crippen LogP contribution in [-0.4, -0.2) is 20.2 Å². The molecular formula is C24H20O4. The van der Waals surface area contributed by atoms with Crippen LogP contribution >= 0.6 is 0 Å². The van der Waals surface area contributed by atoms with Gasteiger partial charge in [-0.25, -0.2) is 4.79 Å². The van der Waals surface area contributed by atoms with Gasteiger partial charge in [-0.05, 0) is 48.0 Å². The minimum atomic E-state index is -0.378. The van der Waals surface area contributed by atoms with Gasteiger partial charge < -0.3 is 14.2 Å². The van der Waals surface area contributed by atoms with E-state index in [2.05, 4.69) is 25.1 Å². The highest BCUT2D eigenvalue weighted by molar-refractivity contribution is 6.05. The standard InChI is InChI=1S/C24H20O4/c1-15-4-5-17-11-19(7-6-16(17)10-15)23-13-20(24(25)28-23)12-18-8-9-21(26-2)14-22(18)27-3/h4-14H,1-3H3/b20-12-. The molecule has 4 nitrogen and oxygen atoms in total. The number of benzene rings is 3. The van der Waals surface area contributed by atoms with Crippen molar-refractivity contribution in [2.75, 3.05) is 14.2 Å². The summed E-state index contributed by atoms with van der Waals surface area (Å²) in [5.41, 5.74) is 3.34. The largest absolute Gasteiger partial charge is 0.497 e. The van der Waals surface area contributed by atoms with Gasteiger partial charge in [0.05, 0.1) is 19.8 Å². The SMILES string of the molecule is COc1ccc(/C=C2/C=C(c3ccc4cc(C)ccc4c3)OC2=O)c(OC)c1. The molecule has 0 amide bonds. The van der Waals surface area contributed by atoms with Gasteiger partial charge in [-0.15, -0.1) is 0 Å². The van der Waals surface area contributed by atoms with Crippen molar-refractivity contribution >= 4 is 28.6 Å². The van der Waals surface area contributed by atoms with Crippen molar-refractivity contribution in [3.05, 3.63) is 82.9 Å². The van der Waals surface area contributed by atoms with Crippen LogP contribution < -0.4 is 9.47 Å². The van der Waals surface area contributed by atoms with Gasteiger partial charge in [-0.2, -0.15) is 0 Å². The molecule has 0 N–H and O–H groups in total. The zero-order valence-corrected chi connectivity index (χ0v) is 16.0. The zero-order valence-electron chi connectivity index (χ0n) is 16.0. The molecule has 1 aliphatic rings. The molecule has 4 rings (SSSR count). The predicted octanol–water partition coefficient (Wildman–Crippen LogP) is 5.15. The number of carbonyl (C=O) groups is 1. The Morgan fingerprint density at radius 2 is 1.68 bits per heavy atom. The van der Waals surface area contributed by atoms with Crippen molar-refractivity contribution in [3.8, 4) is 11.5 Å². The van der Waals surface area contributed by atoms with E-state index in [1.165, 1.54) is 5.56 Å².